The van der Waals surface area contributed by atoms with Crippen LogP contribution in [-0.2, 0) is 5.41 Å². The number of hydrogen-bond acceptors (Lipinski definition) is 2. The smallest absolute Gasteiger partial charge is 0.132 e. The van der Waals surface area contributed by atoms with Crippen LogP contribution < -0.4 is 0 Å². The first-order chi connectivity index (χ1) is 16.8. The molecule has 1 aliphatic rings. The van der Waals surface area contributed by atoms with E-state index in [-0.39, 0.29) is 11.3 Å². The fraction of sp³-hybridized carbons (Fsp3) is 0.273. The van der Waals surface area contributed by atoms with Gasteiger partial charge in [0, 0.05) is 28.0 Å². The molecule has 4 aromatic carbocycles. The van der Waals surface area contributed by atoms with Gasteiger partial charge in [0.25, 0.3) is 0 Å². The largest absolute Gasteiger partial charge is 0.232 e. The van der Waals surface area contributed by atoms with Crippen molar-refractivity contribution in [1.82, 2.24) is 9.97 Å². The van der Waals surface area contributed by atoms with Crippen LogP contribution in [0, 0.1) is 0 Å². The van der Waals surface area contributed by atoms with Crippen LogP contribution in [0.3, 0.4) is 0 Å². The SMILES string of the molecule is CC(C)c1nc2c(c(-c3ccc(C(C)C)c4ccccc34)n1)C(C)(C)c1c-2ccc2ccccc12. The van der Waals surface area contributed by atoms with E-state index in [1.54, 1.807) is 0 Å². The van der Waals surface area contributed by atoms with Crippen LogP contribution in [0.1, 0.15) is 75.9 Å². The maximum absolute atomic E-state index is 5.29. The summed E-state index contributed by atoms with van der Waals surface area (Å²) in [6.07, 6.45) is 0. The highest BCUT2D eigenvalue weighted by atomic mass is 14.9. The molecular weight excluding hydrogens is 424 g/mol. The highest BCUT2D eigenvalue weighted by molar-refractivity contribution is 6.02. The first-order valence-corrected chi connectivity index (χ1v) is 12.8. The molecule has 0 spiro atoms. The Labute approximate surface area is 208 Å². The van der Waals surface area contributed by atoms with E-state index in [0.29, 0.717) is 5.92 Å². The van der Waals surface area contributed by atoms with Crippen molar-refractivity contribution in [2.24, 2.45) is 0 Å². The molecule has 0 N–H and O–H groups in total. The fourth-order valence-electron chi connectivity index (χ4n) is 6.02. The van der Waals surface area contributed by atoms with Crippen molar-refractivity contribution in [3.05, 3.63) is 95.3 Å². The molecule has 0 bridgehead atoms. The van der Waals surface area contributed by atoms with E-state index in [2.05, 4.69) is 114 Å². The predicted octanol–water partition coefficient (Wildman–Crippen LogP) is 9.00. The van der Waals surface area contributed by atoms with E-state index in [0.717, 1.165) is 17.2 Å². The van der Waals surface area contributed by atoms with Crippen molar-refractivity contribution >= 4 is 21.5 Å². The molecule has 0 fully saturated rings. The van der Waals surface area contributed by atoms with E-state index in [9.17, 15) is 0 Å². The van der Waals surface area contributed by atoms with Crippen molar-refractivity contribution in [2.45, 2.75) is 58.8 Å². The molecule has 0 atom stereocenters. The van der Waals surface area contributed by atoms with Gasteiger partial charge in [0.15, 0.2) is 0 Å². The van der Waals surface area contributed by atoms with E-state index in [1.807, 2.05) is 0 Å². The van der Waals surface area contributed by atoms with Crippen molar-refractivity contribution in [2.75, 3.05) is 0 Å². The van der Waals surface area contributed by atoms with Gasteiger partial charge in [0.1, 0.15) is 5.82 Å². The van der Waals surface area contributed by atoms with Crippen molar-refractivity contribution in [1.29, 1.82) is 0 Å². The summed E-state index contributed by atoms with van der Waals surface area (Å²) in [5, 5.41) is 5.17. The molecule has 2 heteroatoms. The first kappa shape index (κ1) is 22.0. The van der Waals surface area contributed by atoms with E-state index >= 15 is 0 Å². The van der Waals surface area contributed by atoms with Gasteiger partial charge >= 0.3 is 0 Å². The normalized spacial score (nSPS) is 14.2. The topological polar surface area (TPSA) is 25.8 Å². The van der Waals surface area contributed by atoms with Crippen molar-refractivity contribution in [3.63, 3.8) is 0 Å². The third-order valence-electron chi connectivity index (χ3n) is 7.71. The summed E-state index contributed by atoms with van der Waals surface area (Å²) in [5.74, 6) is 1.61. The molecule has 0 amide bonds. The summed E-state index contributed by atoms with van der Waals surface area (Å²) >= 11 is 0. The quantitative estimate of drug-likeness (QED) is 0.271. The van der Waals surface area contributed by atoms with E-state index < -0.39 is 0 Å². The average molecular weight is 457 g/mol. The molecule has 0 unspecified atom stereocenters. The lowest BCUT2D eigenvalue weighted by molar-refractivity contribution is 0.658. The summed E-state index contributed by atoms with van der Waals surface area (Å²) < 4.78 is 0. The minimum absolute atomic E-state index is 0.214. The monoisotopic (exact) mass is 456 g/mol. The van der Waals surface area contributed by atoms with Crippen molar-refractivity contribution < 1.29 is 0 Å². The van der Waals surface area contributed by atoms with Crippen LogP contribution >= 0.6 is 0 Å². The van der Waals surface area contributed by atoms with Gasteiger partial charge in [0.2, 0.25) is 0 Å². The summed E-state index contributed by atoms with van der Waals surface area (Å²) in [7, 11) is 0. The minimum Gasteiger partial charge on any atom is -0.232 e. The lowest BCUT2D eigenvalue weighted by atomic mass is 9.78. The van der Waals surface area contributed by atoms with Crippen molar-refractivity contribution in [3.8, 4) is 22.5 Å². The summed E-state index contributed by atoms with van der Waals surface area (Å²) in [6, 6.07) is 26.6. The molecular formula is C33H32N2. The Morgan fingerprint density at radius 3 is 1.86 bits per heavy atom. The molecule has 5 aromatic rings. The Bertz CT molecular complexity index is 1620. The zero-order valence-electron chi connectivity index (χ0n) is 21.5. The molecule has 35 heavy (non-hydrogen) atoms. The average Bonchev–Trinajstić information content (AvgIpc) is 3.09. The summed E-state index contributed by atoms with van der Waals surface area (Å²) in [4.78, 5) is 10.5. The number of fused-ring (bicyclic) bond motifs is 6. The van der Waals surface area contributed by atoms with Crippen LogP contribution in [0.4, 0.5) is 0 Å². The second-order valence-corrected chi connectivity index (χ2v) is 11.0. The number of nitrogens with zero attached hydrogens (tertiary/aromatic N) is 2. The van der Waals surface area contributed by atoms with Crippen LogP contribution in [-0.4, -0.2) is 9.97 Å². The number of rotatable bonds is 3. The van der Waals surface area contributed by atoms with Gasteiger partial charge in [-0.05, 0) is 38.6 Å². The Hall–Kier alpha value is -3.52. The van der Waals surface area contributed by atoms with Gasteiger partial charge in [-0.25, -0.2) is 9.97 Å². The summed E-state index contributed by atoms with van der Waals surface area (Å²) in [5.41, 5.74) is 8.41. The molecule has 2 nitrogen and oxygen atoms in total. The maximum atomic E-state index is 5.29. The molecule has 1 heterocycles. The van der Waals surface area contributed by atoms with Gasteiger partial charge in [-0.15, -0.1) is 0 Å². The Kier molecular flexibility index (Phi) is 4.86. The molecule has 0 saturated carbocycles. The van der Waals surface area contributed by atoms with Gasteiger partial charge in [0.05, 0.1) is 11.4 Å². The molecule has 0 saturated heterocycles. The molecule has 6 rings (SSSR count). The third kappa shape index (κ3) is 3.16. The Morgan fingerprint density at radius 2 is 1.17 bits per heavy atom. The highest BCUT2D eigenvalue weighted by Gasteiger charge is 2.41. The maximum Gasteiger partial charge on any atom is 0.132 e. The van der Waals surface area contributed by atoms with Gasteiger partial charge < -0.3 is 0 Å². The number of hydrogen-bond donors (Lipinski definition) is 0. The fourth-order valence-corrected chi connectivity index (χ4v) is 6.02. The number of aromatic nitrogens is 2. The Morgan fingerprint density at radius 1 is 0.571 bits per heavy atom. The van der Waals surface area contributed by atoms with E-state index in [1.165, 1.54) is 49.4 Å². The first-order valence-electron chi connectivity index (χ1n) is 12.8. The lowest BCUT2D eigenvalue weighted by Gasteiger charge is -2.26. The second-order valence-electron chi connectivity index (χ2n) is 11.0. The number of benzene rings is 4. The summed E-state index contributed by atoms with van der Waals surface area (Å²) in [6.45, 7) is 13.6. The molecule has 174 valence electrons. The van der Waals surface area contributed by atoms with Crippen LogP contribution in [0.15, 0.2) is 72.8 Å². The third-order valence-corrected chi connectivity index (χ3v) is 7.71. The zero-order valence-corrected chi connectivity index (χ0v) is 21.5. The predicted molar refractivity (Wildman–Crippen MR) is 148 cm³/mol. The van der Waals surface area contributed by atoms with Crippen LogP contribution in [0.25, 0.3) is 44.1 Å². The molecule has 1 aromatic heterocycles. The molecule has 1 aliphatic carbocycles. The van der Waals surface area contributed by atoms with Gasteiger partial charge in [-0.1, -0.05) is 114 Å². The second kappa shape index (κ2) is 7.75. The Balaban J connectivity index is 1.73. The standard InChI is InChI=1S/C33H32N2/c1-19(2)22-17-18-26(25-14-10-9-13-24(22)25)30-29-31(35-32(34-30)20(3)4)27-16-15-21-11-7-8-12-23(21)28(27)33(29,5)6/h7-20H,1-6H3. The molecule has 0 radical (unpaired) electrons. The van der Waals surface area contributed by atoms with Gasteiger partial charge in [-0.2, -0.15) is 0 Å². The molecule has 0 aliphatic heterocycles. The van der Waals surface area contributed by atoms with Crippen LogP contribution in [0.5, 0.6) is 0 Å². The lowest BCUT2D eigenvalue weighted by Crippen LogP contribution is -2.18. The minimum atomic E-state index is -0.214. The van der Waals surface area contributed by atoms with Crippen LogP contribution in [0.2, 0.25) is 0 Å². The van der Waals surface area contributed by atoms with Gasteiger partial charge in [-0.3, -0.25) is 0 Å². The highest BCUT2D eigenvalue weighted by Crippen LogP contribution is 2.54. The van der Waals surface area contributed by atoms with E-state index in [4.69, 9.17) is 9.97 Å². The zero-order chi connectivity index (χ0) is 24.5.